The van der Waals surface area contributed by atoms with Gasteiger partial charge >= 0.3 is 19.8 Å². The highest BCUT2D eigenvalue weighted by Gasteiger charge is 2.27. The highest BCUT2D eigenvalue weighted by molar-refractivity contribution is 7.47. The smallest absolute Gasteiger partial charge is 0.462 e. The first-order valence-electron chi connectivity index (χ1n) is 23.3. The summed E-state index contributed by atoms with van der Waals surface area (Å²) in [6.07, 6.45) is 42.9. The zero-order valence-corrected chi connectivity index (χ0v) is 37.5. The second-order valence-electron chi connectivity index (χ2n) is 15.8. The van der Waals surface area contributed by atoms with Crippen LogP contribution in [0.15, 0.2) is 24.3 Å². The van der Waals surface area contributed by atoms with Crippen molar-refractivity contribution in [3.05, 3.63) is 24.3 Å². The van der Waals surface area contributed by atoms with Gasteiger partial charge in [-0.05, 0) is 38.5 Å². The average molecular weight is 831 g/mol. The van der Waals surface area contributed by atoms with Gasteiger partial charge in [0, 0.05) is 12.8 Å². The number of esters is 2. The van der Waals surface area contributed by atoms with Gasteiger partial charge in [-0.15, -0.1) is 0 Å². The summed E-state index contributed by atoms with van der Waals surface area (Å²) in [4.78, 5) is 35.0. The largest absolute Gasteiger partial charge is 0.472 e. The van der Waals surface area contributed by atoms with Gasteiger partial charge in [0.15, 0.2) is 6.10 Å². The molecular weight excluding hydrogens is 743 g/mol. The van der Waals surface area contributed by atoms with Gasteiger partial charge in [-0.1, -0.05) is 192 Å². The number of rotatable bonds is 44. The zero-order valence-electron chi connectivity index (χ0n) is 36.6. The van der Waals surface area contributed by atoms with E-state index >= 15 is 0 Å². The summed E-state index contributed by atoms with van der Waals surface area (Å²) in [5.74, 6) is -0.967. The number of unbranched alkanes of at least 4 members (excludes halogenated alkanes) is 26. The monoisotopic (exact) mass is 831 g/mol. The number of hydrogen-bond donors (Lipinski definition) is 3. The van der Waals surface area contributed by atoms with E-state index < -0.39 is 51.8 Å². The molecule has 0 aromatic carbocycles. The van der Waals surface area contributed by atoms with Crippen molar-refractivity contribution in [3.8, 4) is 0 Å². The Morgan fingerprint density at radius 1 is 0.526 bits per heavy atom. The Labute approximate surface area is 348 Å². The van der Waals surface area contributed by atoms with Crippen molar-refractivity contribution in [3.63, 3.8) is 0 Å². The molecular formula is C46H87O10P. The third-order valence-corrected chi connectivity index (χ3v) is 11.1. The van der Waals surface area contributed by atoms with Crippen LogP contribution in [0, 0.1) is 0 Å². The van der Waals surface area contributed by atoms with Crippen LogP contribution in [0.25, 0.3) is 0 Å². The van der Waals surface area contributed by atoms with E-state index in [1.54, 1.807) is 0 Å². The van der Waals surface area contributed by atoms with Crippen molar-refractivity contribution in [1.29, 1.82) is 0 Å². The molecule has 11 heteroatoms. The molecule has 10 nitrogen and oxygen atoms in total. The maximum Gasteiger partial charge on any atom is 0.472 e. The standard InChI is InChI=1S/C46H87O10P/c1-3-5-7-9-11-13-15-17-19-21-23-25-27-29-31-33-35-37-45(49)53-41-44(42-55-57(51,52)54-40-43(48)39-47)56-46(50)38-36-34-32-30-28-26-24-22-20-18-16-14-12-10-8-6-4-2/h23,25,29,31,43-44,47-48H,3-22,24,26-28,30,32-42H2,1-2H3,(H,51,52)/b25-23+,31-29+/t43-,44+/m0/s1. The van der Waals surface area contributed by atoms with Crippen molar-refractivity contribution < 1.29 is 47.8 Å². The first kappa shape index (κ1) is 55.5. The quantitative estimate of drug-likeness (QED) is 0.0234. The molecule has 336 valence electrons. The lowest BCUT2D eigenvalue weighted by Crippen LogP contribution is -2.29. The van der Waals surface area contributed by atoms with E-state index in [0.717, 1.165) is 38.5 Å². The lowest BCUT2D eigenvalue weighted by atomic mass is 10.0. The third kappa shape index (κ3) is 42.4. The average Bonchev–Trinajstić information content (AvgIpc) is 3.20. The van der Waals surface area contributed by atoms with Gasteiger partial charge in [-0.3, -0.25) is 18.6 Å². The summed E-state index contributed by atoms with van der Waals surface area (Å²) in [7, 11) is -4.62. The molecule has 1 unspecified atom stereocenters. The number of hydrogen-bond acceptors (Lipinski definition) is 9. The van der Waals surface area contributed by atoms with E-state index in [2.05, 4.69) is 38.2 Å². The molecule has 57 heavy (non-hydrogen) atoms. The molecule has 0 fully saturated rings. The summed E-state index contributed by atoms with van der Waals surface area (Å²) in [5, 5.41) is 18.3. The number of aliphatic hydroxyl groups excluding tert-OH is 2. The molecule has 0 spiro atoms. The first-order valence-corrected chi connectivity index (χ1v) is 24.8. The number of phosphoric acid groups is 1. The molecule has 3 atom stereocenters. The number of carbonyl (C=O) groups is 2. The molecule has 0 aromatic heterocycles. The van der Waals surface area contributed by atoms with Crippen LogP contribution < -0.4 is 0 Å². The van der Waals surface area contributed by atoms with E-state index in [1.807, 2.05) is 0 Å². The second kappa shape index (κ2) is 42.6. The van der Waals surface area contributed by atoms with Gasteiger partial charge in [-0.2, -0.15) is 0 Å². The minimum Gasteiger partial charge on any atom is -0.462 e. The minimum atomic E-state index is -4.62. The molecule has 0 bridgehead atoms. The number of phosphoric ester groups is 1. The number of allylic oxidation sites excluding steroid dienone is 4. The summed E-state index contributed by atoms with van der Waals surface area (Å²) in [6, 6.07) is 0. The molecule has 0 aliphatic heterocycles. The van der Waals surface area contributed by atoms with E-state index in [-0.39, 0.29) is 19.4 Å². The maximum absolute atomic E-state index is 12.6. The van der Waals surface area contributed by atoms with E-state index in [1.165, 1.54) is 141 Å². The Bertz CT molecular complexity index is 1000. The van der Waals surface area contributed by atoms with Crippen LogP contribution in [0.2, 0.25) is 0 Å². The highest BCUT2D eigenvalue weighted by atomic mass is 31.2. The summed E-state index contributed by atoms with van der Waals surface area (Å²) < 4.78 is 32.7. The Morgan fingerprint density at radius 3 is 1.40 bits per heavy atom. The SMILES string of the molecule is CCCCCCCCCCC/C=C/C/C=C/CCCC(=O)OC[C@H](COP(=O)(O)OC[C@@H](O)CO)OC(=O)CCCCCCCCCCCCCCCCCCC. The number of ether oxygens (including phenoxy) is 2. The molecule has 0 heterocycles. The third-order valence-electron chi connectivity index (χ3n) is 10.1. The van der Waals surface area contributed by atoms with Gasteiger partial charge < -0.3 is 24.6 Å². The molecule has 0 rings (SSSR count). The minimum absolute atomic E-state index is 0.180. The van der Waals surface area contributed by atoms with Crippen LogP contribution in [0.3, 0.4) is 0 Å². The van der Waals surface area contributed by atoms with Gasteiger partial charge in [0.2, 0.25) is 0 Å². The van der Waals surface area contributed by atoms with E-state index in [4.69, 9.17) is 23.6 Å². The molecule has 0 aromatic rings. The number of carbonyl (C=O) groups excluding carboxylic acids is 2. The predicted octanol–water partition coefficient (Wildman–Crippen LogP) is 12.6. The fourth-order valence-corrected chi connectivity index (χ4v) is 7.29. The van der Waals surface area contributed by atoms with Crippen LogP contribution in [0.1, 0.15) is 219 Å². The lowest BCUT2D eigenvalue weighted by molar-refractivity contribution is -0.161. The molecule has 0 aliphatic carbocycles. The summed E-state index contributed by atoms with van der Waals surface area (Å²) in [6.45, 7) is 2.37. The molecule has 0 amide bonds. The maximum atomic E-state index is 12.6. The Hall–Kier alpha value is -1.55. The van der Waals surface area contributed by atoms with Crippen molar-refractivity contribution in [2.75, 3.05) is 26.4 Å². The number of aliphatic hydroxyl groups is 2. The summed E-state index contributed by atoms with van der Waals surface area (Å²) >= 11 is 0. The van der Waals surface area contributed by atoms with Crippen LogP contribution in [-0.4, -0.2) is 65.7 Å². The molecule has 3 N–H and O–H groups in total. The van der Waals surface area contributed by atoms with Gasteiger partial charge in [0.1, 0.15) is 12.7 Å². The summed E-state index contributed by atoms with van der Waals surface area (Å²) in [5.41, 5.74) is 0. The van der Waals surface area contributed by atoms with E-state index in [9.17, 15) is 24.2 Å². The fraction of sp³-hybridized carbons (Fsp3) is 0.870. The van der Waals surface area contributed by atoms with Crippen molar-refractivity contribution >= 4 is 19.8 Å². The van der Waals surface area contributed by atoms with Gasteiger partial charge in [-0.25, -0.2) is 4.57 Å². The Kier molecular flexibility index (Phi) is 41.4. The molecule has 0 saturated heterocycles. The molecule has 0 saturated carbocycles. The van der Waals surface area contributed by atoms with Crippen LogP contribution >= 0.6 is 7.82 Å². The van der Waals surface area contributed by atoms with Crippen LogP contribution in [0.5, 0.6) is 0 Å². The molecule has 0 aliphatic rings. The fourth-order valence-electron chi connectivity index (χ4n) is 6.50. The zero-order chi connectivity index (χ0) is 41.9. The first-order chi connectivity index (χ1) is 27.7. The second-order valence-corrected chi connectivity index (χ2v) is 17.2. The van der Waals surface area contributed by atoms with Gasteiger partial charge in [0.05, 0.1) is 19.8 Å². The van der Waals surface area contributed by atoms with Crippen LogP contribution in [-0.2, 0) is 32.7 Å². The Morgan fingerprint density at radius 2 is 0.930 bits per heavy atom. The van der Waals surface area contributed by atoms with Crippen LogP contribution in [0.4, 0.5) is 0 Å². The topological polar surface area (TPSA) is 149 Å². The van der Waals surface area contributed by atoms with E-state index in [0.29, 0.717) is 12.8 Å². The van der Waals surface area contributed by atoms with Crippen molar-refractivity contribution in [2.45, 2.75) is 232 Å². The van der Waals surface area contributed by atoms with Gasteiger partial charge in [0.25, 0.3) is 0 Å². The Balaban J connectivity index is 4.28. The van der Waals surface area contributed by atoms with Crippen molar-refractivity contribution in [2.24, 2.45) is 0 Å². The molecule has 0 radical (unpaired) electrons. The highest BCUT2D eigenvalue weighted by Crippen LogP contribution is 2.43. The lowest BCUT2D eigenvalue weighted by Gasteiger charge is -2.20. The normalized spacial score (nSPS) is 14.0. The van der Waals surface area contributed by atoms with Crippen molar-refractivity contribution in [1.82, 2.24) is 0 Å². The predicted molar refractivity (Wildman–Crippen MR) is 233 cm³/mol.